The lowest BCUT2D eigenvalue weighted by atomic mass is 10.0. The van der Waals surface area contributed by atoms with Crippen molar-refractivity contribution < 1.29 is 57.4 Å². The van der Waals surface area contributed by atoms with Crippen molar-refractivity contribution in [2.24, 2.45) is 0 Å². The van der Waals surface area contributed by atoms with Crippen molar-refractivity contribution in [2.45, 2.75) is 63.7 Å². The van der Waals surface area contributed by atoms with E-state index in [1.165, 1.54) is 17.0 Å². The summed E-state index contributed by atoms with van der Waals surface area (Å²) in [7, 11) is -2.46. The fourth-order valence-electron chi connectivity index (χ4n) is 5.98. The Morgan fingerprint density at radius 1 is 1.09 bits per heavy atom. The molecule has 1 aliphatic heterocycles. The van der Waals surface area contributed by atoms with Gasteiger partial charge in [-0.15, -0.1) is 11.6 Å². The first-order valence-electron chi connectivity index (χ1n) is 19.2. The Kier molecular flexibility index (Phi) is 23.0. The predicted molar refractivity (Wildman–Crippen MR) is 246 cm³/mol. The van der Waals surface area contributed by atoms with Gasteiger partial charge in [-0.2, -0.15) is 0 Å². The van der Waals surface area contributed by atoms with Crippen LogP contribution in [0.3, 0.4) is 0 Å². The number of anilines is 2. The van der Waals surface area contributed by atoms with Crippen molar-refractivity contribution in [2.75, 3.05) is 49.6 Å². The number of nitrogen functional groups attached to an aromatic ring is 1. The van der Waals surface area contributed by atoms with Crippen LogP contribution in [0.25, 0.3) is 0 Å². The Morgan fingerprint density at radius 3 is 2.27 bits per heavy atom. The first kappa shape index (κ1) is 55.7. The van der Waals surface area contributed by atoms with E-state index < -0.39 is 41.9 Å². The summed E-state index contributed by atoms with van der Waals surface area (Å²) in [6, 6.07) is 21.3. The normalized spacial score (nSPS) is 14.5. The molecular formula is C41H52Cl4N5O13P. The van der Waals surface area contributed by atoms with Gasteiger partial charge in [0, 0.05) is 13.2 Å². The summed E-state index contributed by atoms with van der Waals surface area (Å²) < 4.78 is 31.8. The molecule has 23 heteroatoms. The zero-order chi connectivity index (χ0) is 48.4. The Bertz CT molecular complexity index is 2180. The average molecular weight is 996 g/mol. The van der Waals surface area contributed by atoms with Crippen molar-refractivity contribution in [1.29, 1.82) is 0 Å². The number of aryl methyl sites for hydroxylation is 2. The highest BCUT2D eigenvalue weighted by molar-refractivity contribution is 7.51. The Balaban J connectivity index is 0.000000300. The molecule has 4 aromatic rings. The van der Waals surface area contributed by atoms with Crippen LogP contribution in [-0.2, 0) is 34.8 Å². The number of nitrogens with zero attached hydrogens (tertiary/aromatic N) is 3. The van der Waals surface area contributed by atoms with E-state index in [4.69, 9.17) is 85.7 Å². The summed E-state index contributed by atoms with van der Waals surface area (Å²) in [6.45, 7) is 10.1. The second-order valence-corrected chi connectivity index (χ2v) is 17.5. The number of hydrogen-bond acceptors (Lipinski definition) is 12. The maximum atomic E-state index is 12.2. The number of hydrogen-bond donors (Lipinski definition) is 5. The lowest BCUT2D eigenvalue weighted by molar-refractivity contribution is -0.383. The summed E-state index contributed by atoms with van der Waals surface area (Å²) in [6.07, 6.45) is 1.57. The van der Waals surface area contributed by atoms with Crippen molar-refractivity contribution in [1.82, 2.24) is 10.2 Å². The number of nitrogens with two attached hydrogens (primary N) is 1. The number of carboxylic acids is 1. The van der Waals surface area contributed by atoms with Crippen molar-refractivity contribution in [3.63, 3.8) is 0 Å². The van der Waals surface area contributed by atoms with Crippen LogP contribution in [0.4, 0.5) is 17.1 Å². The molecule has 0 aliphatic carbocycles. The van der Waals surface area contributed by atoms with Gasteiger partial charge in [0.25, 0.3) is 11.6 Å². The van der Waals surface area contributed by atoms with Gasteiger partial charge in [0.05, 0.1) is 48.9 Å². The zero-order valence-corrected chi connectivity index (χ0v) is 39.7. The van der Waals surface area contributed by atoms with Crippen LogP contribution in [0.15, 0.2) is 83.5 Å². The number of benzene rings is 3. The van der Waals surface area contributed by atoms with E-state index in [0.29, 0.717) is 24.7 Å². The standard InChI is InChI=1S/C15H22ClNO2.C12H9ClN2O3.C11H13Cl2NO3.C3H8NO5P/c1-5-13-8-6-7-11(2)15(13)17(14(18)9-16)12(3)10-19-4;13-11-10(18-8-4-2-1-3-5-8)7-6-9(12(11)14)15(16)17;1-11(2)14(10(15)9(12)13)6-8(17-11)7-4-3-5-16-7;5-3(6)1-4-2-10(7,8)9/h6-8,12H,5,9-10H2,1-4H3;1-7H,14H2;3-5,8-9H,6H2,1-2H3;4H,1-2H2,(H,5,6)(H2,7,8,9). The summed E-state index contributed by atoms with van der Waals surface area (Å²) in [5.74, 6) is -0.0605. The van der Waals surface area contributed by atoms with Crippen molar-refractivity contribution in [3.05, 3.63) is 111 Å². The number of carbonyl (C=O) groups is 3. The number of carbonyl (C=O) groups excluding carboxylic acids is 2. The van der Waals surface area contributed by atoms with E-state index in [-0.39, 0.29) is 52.0 Å². The topological polar surface area (TPSA) is 257 Å². The zero-order valence-electron chi connectivity index (χ0n) is 35.8. The minimum atomic E-state index is -4.10. The molecule has 2 heterocycles. The maximum absolute atomic E-state index is 12.2. The first-order chi connectivity index (χ1) is 30.0. The third kappa shape index (κ3) is 17.5. The number of furan rings is 1. The van der Waals surface area contributed by atoms with Crippen molar-refractivity contribution >= 4 is 88.8 Å². The molecular weight excluding hydrogens is 943 g/mol. The van der Waals surface area contributed by atoms with E-state index in [9.17, 15) is 29.1 Å². The molecule has 3 aromatic carbocycles. The molecule has 352 valence electrons. The van der Waals surface area contributed by atoms with Gasteiger partial charge in [-0.25, -0.2) is 0 Å². The molecule has 1 aliphatic rings. The molecule has 1 fully saturated rings. The maximum Gasteiger partial charge on any atom is 0.339 e. The summed E-state index contributed by atoms with van der Waals surface area (Å²) in [5.41, 5.74) is 7.72. The van der Waals surface area contributed by atoms with Crippen LogP contribution in [0.5, 0.6) is 11.5 Å². The summed E-state index contributed by atoms with van der Waals surface area (Å²) in [5, 5.41) is 20.8. The smallest absolute Gasteiger partial charge is 0.339 e. The van der Waals surface area contributed by atoms with Gasteiger partial charge in [0.2, 0.25) is 5.91 Å². The van der Waals surface area contributed by atoms with E-state index in [1.54, 1.807) is 62.5 Å². The fourth-order valence-corrected chi connectivity index (χ4v) is 6.94. The molecule has 18 nitrogen and oxygen atoms in total. The first-order valence-corrected chi connectivity index (χ1v) is 22.8. The second-order valence-electron chi connectivity index (χ2n) is 14.1. The Labute approximate surface area is 390 Å². The number of ether oxygens (including phenoxy) is 3. The number of nitro groups is 1. The third-order valence-electron chi connectivity index (χ3n) is 8.80. The fraction of sp³-hybridized carbons (Fsp3) is 0.390. The molecule has 0 bridgehead atoms. The molecule has 1 aromatic heterocycles. The number of nitrogens with one attached hydrogen (secondary N) is 1. The molecule has 2 amide bonds. The molecule has 5 rings (SSSR count). The monoisotopic (exact) mass is 993 g/mol. The molecule has 0 radical (unpaired) electrons. The summed E-state index contributed by atoms with van der Waals surface area (Å²) >= 11 is 22.9. The van der Waals surface area contributed by atoms with E-state index in [2.05, 4.69) is 18.3 Å². The minimum Gasteiger partial charge on any atom is -0.480 e. The number of rotatable bonds is 15. The number of alkyl halides is 3. The Morgan fingerprint density at radius 2 is 1.75 bits per heavy atom. The number of amides is 2. The van der Waals surface area contributed by atoms with Crippen LogP contribution >= 0.6 is 54.0 Å². The minimum absolute atomic E-state index is 0.0223. The molecule has 1 saturated heterocycles. The highest BCUT2D eigenvalue weighted by Gasteiger charge is 2.45. The molecule has 2 atom stereocenters. The number of carboxylic acid groups (broad SMARTS) is 1. The molecule has 0 spiro atoms. The van der Waals surface area contributed by atoms with Crippen LogP contribution in [0, 0.1) is 17.0 Å². The van der Waals surface area contributed by atoms with Crippen LogP contribution in [0.2, 0.25) is 5.02 Å². The van der Waals surface area contributed by atoms with Crippen LogP contribution < -0.4 is 20.7 Å². The highest BCUT2D eigenvalue weighted by Crippen LogP contribution is 2.39. The number of halogens is 4. The van der Waals surface area contributed by atoms with Gasteiger partial charge < -0.3 is 49.1 Å². The van der Waals surface area contributed by atoms with Gasteiger partial charge in [0.1, 0.15) is 45.7 Å². The van der Waals surface area contributed by atoms with Gasteiger partial charge in [0.15, 0.2) is 4.84 Å². The SMILES string of the molecule is CC1(C)OC(c2ccco2)CN1C(=O)C(Cl)Cl.CCc1cccc(C)c1N(C(=O)CCl)C(C)COC.Nc1c([N+](=O)[O-])ccc(Oc2ccccc2)c1Cl.O=C(O)CNCP(=O)(O)O. The average Bonchev–Trinajstić information content (AvgIpc) is 3.88. The number of aliphatic carboxylic acids is 1. The van der Waals surface area contributed by atoms with Crippen LogP contribution in [0.1, 0.15) is 50.7 Å². The van der Waals surface area contributed by atoms with Gasteiger partial charge in [-0.3, -0.25) is 34.4 Å². The lowest BCUT2D eigenvalue weighted by Gasteiger charge is -2.31. The summed E-state index contributed by atoms with van der Waals surface area (Å²) in [4.78, 5) is 62.4. The number of para-hydroxylation sites is 2. The van der Waals surface area contributed by atoms with Crippen LogP contribution in [-0.4, -0.2) is 98.1 Å². The lowest BCUT2D eigenvalue weighted by Crippen LogP contribution is -2.45. The van der Waals surface area contributed by atoms with E-state index in [1.807, 2.05) is 38.1 Å². The highest BCUT2D eigenvalue weighted by atomic mass is 35.5. The molecule has 2 unspecified atom stereocenters. The van der Waals surface area contributed by atoms with E-state index in [0.717, 1.165) is 23.2 Å². The molecule has 0 saturated carbocycles. The quantitative estimate of drug-likeness (QED) is 0.0247. The largest absolute Gasteiger partial charge is 0.480 e. The number of nitro benzene ring substituents is 1. The molecule has 6 N–H and O–H groups in total. The molecule has 64 heavy (non-hydrogen) atoms. The second kappa shape index (κ2) is 26.5. The number of methoxy groups -OCH3 is 1. The van der Waals surface area contributed by atoms with Gasteiger partial charge in [-0.05, 0) is 75.6 Å². The third-order valence-corrected chi connectivity index (χ3v) is 10.4. The van der Waals surface area contributed by atoms with Gasteiger partial charge in [-0.1, -0.05) is 78.1 Å². The van der Waals surface area contributed by atoms with Gasteiger partial charge >= 0.3 is 13.6 Å². The van der Waals surface area contributed by atoms with Crippen molar-refractivity contribution in [3.8, 4) is 11.5 Å². The predicted octanol–water partition coefficient (Wildman–Crippen LogP) is 8.30. The van der Waals surface area contributed by atoms with E-state index >= 15 is 0 Å². The Hall–Kier alpha value is -4.46.